The van der Waals surface area contributed by atoms with Crippen molar-refractivity contribution in [2.24, 2.45) is 5.41 Å². The number of nitrogens with zero attached hydrogens (tertiary/aromatic N) is 1. The van der Waals surface area contributed by atoms with Crippen molar-refractivity contribution in [3.8, 4) is 0 Å². The molecular weight excluding hydrogens is 286 g/mol. The number of halogens is 1. The fourth-order valence-electron chi connectivity index (χ4n) is 2.17. The molecule has 0 heterocycles. The number of aliphatic hydroxyl groups is 1. The number of benzene rings is 1. The van der Waals surface area contributed by atoms with Crippen LogP contribution in [-0.4, -0.2) is 38.0 Å². The molecule has 1 aliphatic rings. The molecule has 0 spiro atoms. The first kappa shape index (κ1) is 14.8. The Morgan fingerprint density at radius 3 is 2.53 bits per heavy atom. The van der Waals surface area contributed by atoms with E-state index in [0.29, 0.717) is 17.1 Å². The summed E-state index contributed by atoms with van der Waals surface area (Å²) in [7, 11) is -1.97. The minimum Gasteiger partial charge on any atom is -0.396 e. The highest BCUT2D eigenvalue weighted by Gasteiger charge is 2.44. The lowest BCUT2D eigenvalue weighted by atomic mass is 10.1. The van der Waals surface area contributed by atoms with Gasteiger partial charge in [-0.1, -0.05) is 11.6 Å². The molecule has 0 atom stereocenters. The molecule has 0 aromatic heterocycles. The third-order valence-electron chi connectivity index (χ3n) is 3.68. The summed E-state index contributed by atoms with van der Waals surface area (Å²) in [4.78, 5) is 0.271. The van der Waals surface area contributed by atoms with Crippen molar-refractivity contribution in [1.29, 1.82) is 0 Å². The topological polar surface area (TPSA) is 57.6 Å². The zero-order valence-corrected chi connectivity index (χ0v) is 12.6. The van der Waals surface area contributed by atoms with Gasteiger partial charge < -0.3 is 5.11 Å². The second-order valence-corrected chi connectivity index (χ2v) is 7.78. The predicted molar refractivity (Wildman–Crippen MR) is 74.8 cm³/mol. The molecule has 1 aromatic carbocycles. The van der Waals surface area contributed by atoms with Crippen LogP contribution < -0.4 is 0 Å². The number of sulfonamides is 1. The van der Waals surface area contributed by atoms with Crippen LogP contribution in [0.15, 0.2) is 23.1 Å². The molecule has 1 N–H and O–H groups in total. The zero-order valence-electron chi connectivity index (χ0n) is 11.1. The Kier molecular flexibility index (Phi) is 3.93. The SMILES string of the molecule is Cc1cc(Cl)ccc1S(=O)(=O)N(C)CC1(CO)CC1. The summed E-state index contributed by atoms with van der Waals surface area (Å²) in [5.41, 5.74) is 0.399. The zero-order chi connectivity index (χ0) is 14.3. The Hall–Kier alpha value is -0.620. The maximum atomic E-state index is 12.5. The second kappa shape index (κ2) is 5.05. The molecule has 2 rings (SSSR count). The van der Waals surface area contributed by atoms with Gasteiger partial charge in [-0.2, -0.15) is 0 Å². The summed E-state index contributed by atoms with van der Waals surface area (Å²) < 4.78 is 26.3. The summed E-state index contributed by atoms with van der Waals surface area (Å²) in [5.74, 6) is 0. The number of aryl methyl sites for hydroxylation is 1. The molecule has 0 radical (unpaired) electrons. The van der Waals surface area contributed by atoms with Crippen LogP contribution in [0.3, 0.4) is 0 Å². The van der Waals surface area contributed by atoms with Crippen LogP contribution in [0.25, 0.3) is 0 Å². The van der Waals surface area contributed by atoms with Gasteiger partial charge in [0.15, 0.2) is 0 Å². The van der Waals surface area contributed by atoms with E-state index in [1.165, 1.54) is 10.4 Å². The van der Waals surface area contributed by atoms with E-state index in [-0.39, 0.29) is 16.9 Å². The van der Waals surface area contributed by atoms with Crippen molar-refractivity contribution in [3.63, 3.8) is 0 Å². The fraction of sp³-hybridized carbons (Fsp3) is 0.538. The van der Waals surface area contributed by atoms with Crippen LogP contribution in [-0.2, 0) is 10.0 Å². The molecule has 1 saturated carbocycles. The third-order valence-corrected chi connectivity index (χ3v) is 5.87. The van der Waals surface area contributed by atoms with Gasteiger partial charge in [0.1, 0.15) is 0 Å². The van der Waals surface area contributed by atoms with E-state index in [2.05, 4.69) is 0 Å². The Labute approximate surface area is 119 Å². The van der Waals surface area contributed by atoms with Gasteiger partial charge in [-0.05, 0) is 43.5 Å². The number of hydrogen-bond acceptors (Lipinski definition) is 3. The van der Waals surface area contributed by atoms with Gasteiger partial charge in [0, 0.05) is 30.6 Å². The minimum absolute atomic E-state index is 0.0342. The highest BCUT2D eigenvalue weighted by Crippen LogP contribution is 2.46. The predicted octanol–water partition coefficient (Wildman–Crippen LogP) is 2.04. The summed E-state index contributed by atoms with van der Waals surface area (Å²) in [6.45, 7) is 2.12. The Morgan fingerprint density at radius 1 is 1.42 bits per heavy atom. The molecule has 6 heteroatoms. The molecule has 106 valence electrons. The average Bonchev–Trinajstić information content (AvgIpc) is 3.09. The smallest absolute Gasteiger partial charge is 0.243 e. The van der Waals surface area contributed by atoms with Gasteiger partial charge in [0.25, 0.3) is 0 Å². The molecule has 19 heavy (non-hydrogen) atoms. The Bertz CT molecular complexity index is 582. The van der Waals surface area contributed by atoms with E-state index in [9.17, 15) is 13.5 Å². The Balaban J connectivity index is 2.26. The van der Waals surface area contributed by atoms with Crippen LogP contribution in [0.1, 0.15) is 18.4 Å². The molecule has 0 unspecified atom stereocenters. The Morgan fingerprint density at radius 2 is 2.05 bits per heavy atom. The van der Waals surface area contributed by atoms with Gasteiger partial charge in [-0.3, -0.25) is 0 Å². The fourth-order valence-corrected chi connectivity index (χ4v) is 3.88. The quantitative estimate of drug-likeness (QED) is 0.905. The lowest BCUT2D eigenvalue weighted by Crippen LogP contribution is -2.34. The summed E-state index contributed by atoms with van der Waals surface area (Å²) in [6.07, 6.45) is 1.76. The van der Waals surface area contributed by atoms with Crippen LogP contribution in [0.2, 0.25) is 5.02 Å². The molecule has 0 aliphatic heterocycles. The molecular formula is C13H18ClNO3S. The highest BCUT2D eigenvalue weighted by atomic mass is 35.5. The minimum atomic E-state index is -3.53. The first-order valence-electron chi connectivity index (χ1n) is 6.14. The molecule has 4 nitrogen and oxygen atoms in total. The molecule has 0 amide bonds. The number of aliphatic hydroxyl groups excluding tert-OH is 1. The van der Waals surface area contributed by atoms with Crippen molar-refractivity contribution in [1.82, 2.24) is 4.31 Å². The maximum Gasteiger partial charge on any atom is 0.243 e. The van der Waals surface area contributed by atoms with Crippen molar-refractivity contribution in [2.45, 2.75) is 24.7 Å². The van der Waals surface area contributed by atoms with Crippen molar-refractivity contribution in [3.05, 3.63) is 28.8 Å². The normalized spacial score (nSPS) is 17.7. The number of hydrogen-bond donors (Lipinski definition) is 1. The summed E-state index contributed by atoms with van der Waals surface area (Å²) in [6, 6.07) is 4.75. The van der Waals surface area contributed by atoms with Gasteiger partial charge in [0.05, 0.1) is 4.90 Å². The van der Waals surface area contributed by atoms with E-state index >= 15 is 0 Å². The summed E-state index contributed by atoms with van der Waals surface area (Å²) >= 11 is 5.84. The summed E-state index contributed by atoms with van der Waals surface area (Å²) in [5, 5.41) is 9.82. The average molecular weight is 304 g/mol. The standard InChI is InChI=1S/C13H18ClNO3S/c1-10-7-11(14)3-4-12(10)19(17,18)15(2)8-13(9-16)5-6-13/h3-4,7,16H,5-6,8-9H2,1-2H3. The van der Waals surface area contributed by atoms with Crippen LogP contribution in [0, 0.1) is 12.3 Å². The lowest BCUT2D eigenvalue weighted by Gasteiger charge is -2.22. The molecule has 1 fully saturated rings. The van der Waals surface area contributed by atoms with Crippen molar-refractivity contribution in [2.75, 3.05) is 20.2 Å². The molecule has 1 aromatic rings. The van der Waals surface area contributed by atoms with Crippen molar-refractivity contribution >= 4 is 21.6 Å². The van der Waals surface area contributed by atoms with Gasteiger partial charge in [-0.25, -0.2) is 12.7 Å². The molecule has 1 aliphatic carbocycles. The van der Waals surface area contributed by atoms with Crippen LogP contribution in [0.4, 0.5) is 0 Å². The molecule has 0 bridgehead atoms. The van der Waals surface area contributed by atoms with Crippen molar-refractivity contribution < 1.29 is 13.5 Å². The highest BCUT2D eigenvalue weighted by molar-refractivity contribution is 7.89. The third kappa shape index (κ3) is 2.94. The monoisotopic (exact) mass is 303 g/mol. The first-order chi connectivity index (χ1) is 8.81. The van der Waals surface area contributed by atoms with Crippen LogP contribution >= 0.6 is 11.6 Å². The molecule has 0 saturated heterocycles. The maximum absolute atomic E-state index is 12.5. The van der Waals surface area contributed by atoms with E-state index < -0.39 is 10.0 Å². The van der Waals surface area contributed by atoms with E-state index in [1.807, 2.05) is 0 Å². The number of rotatable bonds is 5. The van der Waals surface area contributed by atoms with E-state index in [1.54, 1.807) is 26.1 Å². The van der Waals surface area contributed by atoms with Gasteiger partial charge >= 0.3 is 0 Å². The van der Waals surface area contributed by atoms with Gasteiger partial charge in [0.2, 0.25) is 10.0 Å². The lowest BCUT2D eigenvalue weighted by molar-refractivity contribution is 0.192. The van der Waals surface area contributed by atoms with Crippen LogP contribution in [0.5, 0.6) is 0 Å². The van der Waals surface area contributed by atoms with E-state index in [0.717, 1.165) is 12.8 Å². The van der Waals surface area contributed by atoms with E-state index in [4.69, 9.17) is 11.6 Å². The second-order valence-electron chi connectivity index (χ2n) is 5.33. The largest absolute Gasteiger partial charge is 0.396 e. The van der Waals surface area contributed by atoms with Gasteiger partial charge in [-0.15, -0.1) is 0 Å². The first-order valence-corrected chi connectivity index (χ1v) is 7.96.